The van der Waals surface area contributed by atoms with Gasteiger partial charge < -0.3 is 15.0 Å². The first-order valence-electron chi connectivity index (χ1n) is 10.5. The van der Waals surface area contributed by atoms with Crippen molar-refractivity contribution in [3.8, 4) is 5.75 Å². The highest BCUT2D eigenvalue weighted by Crippen LogP contribution is 2.37. The Morgan fingerprint density at radius 2 is 1.92 bits per heavy atom. The van der Waals surface area contributed by atoms with Gasteiger partial charge in [0, 0.05) is 18.0 Å². The van der Waals surface area contributed by atoms with Gasteiger partial charge in [0.15, 0.2) is 0 Å². The predicted octanol–water partition coefficient (Wildman–Crippen LogP) is 3.50. The van der Waals surface area contributed by atoms with Crippen LogP contribution in [0.1, 0.15) is 62.0 Å². The number of carbonyl (C=O) groups excluding carboxylic acids is 1. The van der Waals surface area contributed by atoms with Gasteiger partial charge in [0.05, 0.1) is 6.61 Å². The SMILES string of the molecule is O=CNC1CCC(CCN2CCC(c3cccc4c3CCO4)CC2)CC1. The van der Waals surface area contributed by atoms with Gasteiger partial charge in [-0.25, -0.2) is 0 Å². The van der Waals surface area contributed by atoms with Crippen molar-refractivity contribution in [3.05, 3.63) is 29.3 Å². The second-order valence-electron chi connectivity index (χ2n) is 8.33. The number of nitrogens with zero attached hydrogens (tertiary/aromatic N) is 1. The highest BCUT2D eigenvalue weighted by molar-refractivity contribution is 5.46. The van der Waals surface area contributed by atoms with Crippen molar-refractivity contribution in [3.63, 3.8) is 0 Å². The number of nitrogens with one attached hydrogen (secondary N) is 1. The average molecular weight is 357 g/mol. The molecule has 1 saturated carbocycles. The summed E-state index contributed by atoms with van der Waals surface area (Å²) in [6.45, 7) is 4.57. The number of benzene rings is 1. The predicted molar refractivity (Wildman–Crippen MR) is 104 cm³/mol. The first kappa shape index (κ1) is 17.8. The molecule has 4 nitrogen and oxygen atoms in total. The maximum atomic E-state index is 10.6. The lowest BCUT2D eigenvalue weighted by Crippen LogP contribution is -2.36. The van der Waals surface area contributed by atoms with Crippen molar-refractivity contribution in [2.24, 2.45) is 5.92 Å². The fourth-order valence-corrected chi connectivity index (χ4v) is 5.18. The summed E-state index contributed by atoms with van der Waals surface area (Å²) in [5.41, 5.74) is 3.03. The van der Waals surface area contributed by atoms with Crippen LogP contribution in [0.2, 0.25) is 0 Å². The van der Waals surface area contributed by atoms with Gasteiger partial charge in [0.25, 0.3) is 0 Å². The van der Waals surface area contributed by atoms with E-state index < -0.39 is 0 Å². The quantitative estimate of drug-likeness (QED) is 0.793. The van der Waals surface area contributed by atoms with E-state index in [1.54, 1.807) is 5.56 Å². The fourth-order valence-electron chi connectivity index (χ4n) is 5.18. The summed E-state index contributed by atoms with van der Waals surface area (Å²) in [5.74, 6) is 2.70. The highest BCUT2D eigenvalue weighted by atomic mass is 16.5. The Hall–Kier alpha value is -1.55. The van der Waals surface area contributed by atoms with Crippen LogP contribution in [0.15, 0.2) is 18.2 Å². The molecule has 0 atom stereocenters. The van der Waals surface area contributed by atoms with Crippen molar-refractivity contribution in [1.29, 1.82) is 0 Å². The van der Waals surface area contributed by atoms with E-state index in [0.717, 1.165) is 43.9 Å². The highest BCUT2D eigenvalue weighted by Gasteiger charge is 2.26. The molecular formula is C22H32N2O2. The molecule has 0 radical (unpaired) electrons. The zero-order valence-electron chi connectivity index (χ0n) is 15.8. The molecule has 0 aromatic heterocycles. The molecule has 0 spiro atoms. The number of likely N-dealkylation sites (tertiary alicyclic amines) is 1. The molecule has 3 aliphatic rings. The monoisotopic (exact) mass is 356 g/mol. The molecule has 0 unspecified atom stereocenters. The topological polar surface area (TPSA) is 41.6 Å². The minimum atomic E-state index is 0.427. The van der Waals surface area contributed by atoms with Gasteiger partial charge >= 0.3 is 0 Å². The van der Waals surface area contributed by atoms with Crippen LogP contribution in [0.25, 0.3) is 0 Å². The minimum Gasteiger partial charge on any atom is -0.493 e. The number of ether oxygens (including phenoxy) is 1. The molecule has 2 fully saturated rings. The largest absolute Gasteiger partial charge is 0.493 e. The van der Waals surface area contributed by atoms with Gasteiger partial charge in [-0.3, -0.25) is 4.79 Å². The molecule has 142 valence electrons. The normalized spacial score (nSPS) is 26.9. The second-order valence-corrected chi connectivity index (χ2v) is 8.33. The van der Waals surface area contributed by atoms with Crippen molar-refractivity contribution < 1.29 is 9.53 Å². The first-order valence-corrected chi connectivity index (χ1v) is 10.5. The molecule has 1 saturated heterocycles. The number of fused-ring (bicyclic) bond motifs is 1. The maximum Gasteiger partial charge on any atom is 0.207 e. The van der Waals surface area contributed by atoms with Crippen LogP contribution in [-0.2, 0) is 11.2 Å². The summed E-state index contributed by atoms with van der Waals surface area (Å²) in [6.07, 6.45) is 10.7. The number of carbonyl (C=O) groups is 1. The molecular weight excluding hydrogens is 324 g/mol. The Kier molecular flexibility index (Phi) is 5.78. The van der Waals surface area contributed by atoms with Crippen molar-refractivity contribution in [1.82, 2.24) is 10.2 Å². The Bertz CT molecular complexity index is 602. The Morgan fingerprint density at radius 3 is 2.69 bits per heavy atom. The summed E-state index contributed by atoms with van der Waals surface area (Å²) < 4.78 is 5.75. The Labute approximate surface area is 157 Å². The van der Waals surface area contributed by atoms with Crippen LogP contribution in [0, 0.1) is 5.92 Å². The molecule has 26 heavy (non-hydrogen) atoms. The lowest BCUT2D eigenvalue weighted by Gasteiger charge is -2.34. The molecule has 1 aliphatic carbocycles. The third-order valence-electron chi connectivity index (χ3n) is 6.81. The van der Waals surface area contributed by atoms with Gasteiger partial charge in [-0.2, -0.15) is 0 Å². The zero-order chi connectivity index (χ0) is 17.8. The van der Waals surface area contributed by atoms with Gasteiger partial charge in [0.2, 0.25) is 6.41 Å². The van der Waals surface area contributed by atoms with Crippen LogP contribution in [0.3, 0.4) is 0 Å². The van der Waals surface area contributed by atoms with Crippen molar-refractivity contribution >= 4 is 6.41 Å². The third kappa shape index (κ3) is 4.06. The fraction of sp³-hybridized carbons (Fsp3) is 0.682. The molecule has 1 aromatic carbocycles. The third-order valence-corrected chi connectivity index (χ3v) is 6.81. The second kappa shape index (κ2) is 8.43. The molecule has 2 heterocycles. The van der Waals surface area contributed by atoms with E-state index in [1.165, 1.54) is 57.3 Å². The zero-order valence-corrected chi connectivity index (χ0v) is 15.8. The molecule has 2 aliphatic heterocycles. The summed E-state index contributed by atoms with van der Waals surface area (Å²) in [5, 5.41) is 2.95. The van der Waals surface area contributed by atoms with Crippen molar-refractivity contribution in [2.45, 2.75) is 63.3 Å². The molecule has 4 heteroatoms. The van der Waals surface area contributed by atoms with Crippen molar-refractivity contribution in [2.75, 3.05) is 26.2 Å². The molecule has 1 amide bonds. The smallest absolute Gasteiger partial charge is 0.207 e. The van der Waals surface area contributed by atoms with E-state index in [2.05, 4.69) is 28.4 Å². The maximum absolute atomic E-state index is 10.6. The van der Waals surface area contributed by atoms with Crippen LogP contribution < -0.4 is 10.1 Å². The lowest BCUT2D eigenvalue weighted by atomic mass is 9.83. The Balaban J connectivity index is 1.21. The summed E-state index contributed by atoms with van der Waals surface area (Å²) >= 11 is 0. The standard InChI is InChI=1S/C22H32N2O2/c25-16-23-19-6-4-17(5-7-19)8-12-24-13-9-18(10-14-24)20-2-1-3-22-21(20)11-15-26-22/h1-3,16-19H,4-15H2,(H,23,25). The van der Waals surface area contributed by atoms with Gasteiger partial charge in [-0.1, -0.05) is 12.1 Å². The number of amides is 1. The van der Waals surface area contributed by atoms with Gasteiger partial charge in [-0.05, 0) is 88.0 Å². The van der Waals surface area contributed by atoms with E-state index in [0.29, 0.717) is 12.0 Å². The number of piperidine rings is 1. The van der Waals surface area contributed by atoms with Gasteiger partial charge in [0.1, 0.15) is 5.75 Å². The summed E-state index contributed by atoms with van der Waals surface area (Å²) in [6, 6.07) is 7.05. The number of hydrogen-bond acceptors (Lipinski definition) is 3. The summed E-state index contributed by atoms with van der Waals surface area (Å²) in [4.78, 5) is 13.2. The summed E-state index contributed by atoms with van der Waals surface area (Å²) in [7, 11) is 0. The minimum absolute atomic E-state index is 0.427. The number of hydrogen-bond donors (Lipinski definition) is 1. The number of rotatable bonds is 6. The molecule has 4 rings (SSSR count). The van der Waals surface area contributed by atoms with E-state index in [1.807, 2.05) is 0 Å². The molecule has 1 N–H and O–H groups in total. The Morgan fingerprint density at radius 1 is 1.12 bits per heavy atom. The van der Waals surface area contributed by atoms with Gasteiger partial charge in [-0.15, -0.1) is 0 Å². The van der Waals surface area contributed by atoms with E-state index in [9.17, 15) is 4.79 Å². The van der Waals surface area contributed by atoms with Crippen LogP contribution in [0.5, 0.6) is 5.75 Å². The van der Waals surface area contributed by atoms with Crippen LogP contribution in [-0.4, -0.2) is 43.6 Å². The van der Waals surface area contributed by atoms with Crippen LogP contribution >= 0.6 is 0 Å². The van der Waals surface area contributed by atoms with E-state index >= 15 is 0 Å². The average Bonchev–Trinajstić information content (AvgIpc) is 3.17. The van der Waals surface area contributed by atoms with E-state index in [-0.39, 0.29) is 0 Å². The lowest BCUT2D eigenvalue weighted by molar-refractivity contribution is -0.110. The molecule has 1 aromatic rings. The van der Waals surface area contributed by atoms with E-state index in [4.69, 9.17) is 4.74 Å². The van der Waals surface area contributed by atoms with Crippen LogP contribution in [0.4, 0.5) is 0 Å². The first-order chi connectivity index (χ1) is 12.8. The molecule has 0 bridgehead atoms.